The number of allylic oxidation sites excluding steroid dienone is 1. The minimum absolute atomic E-state index is 0.0269. The third-order valence-electron chi connectivity index (χ3n) is 8.67. The molecule has 3 aromatic carbocycles. The quantitative estimate of drug-likeness (QED) is 0.295. The Morgan fingerprint density at radius 1 is 0.881 bits per heavy atom. The fraction of sp³-hybridized carbons (Fsp3) is 0.361. The number of rotatable bonds is 8. The molecule has 0 radical (unpaired) electrons. The van der Waals surface area contributed by atoms with Gasteiger partial charge in [-0.25, -0.2) is 4.79 Å². The molecule has 2 aliphatic rings. The van der Waals surface area contributed by atoms with Gasteiger partial charge in [0.15, 0.2) is 0 Å². The van der Waals surface area contributed by atoms with Gasteiger partial charge in [0.25, 0.3) is 5.91 Å². The zero-order valence-electron chi connectivity index (χ0n) is 24.8. The van der Waals surface area contributed by atoms with Gasteiger partial charge in [0.2, 0.25) is 5.91 Å². The topological polar surface area (TPSA) is 66.9 Å². The number of ether oxygens (including phenoxy) is 1. The largest absolute Gasteiger partial charge is 0.463 e. The predicted molar refractivity (Wildman–Crippen MR) is 164 cm³/mol. The number of hydrogen-bond acceptors (Lipinski definition) is 4. The molecule has 6 nitrogen and oxygen atoms in total. The molecule has 1 fully saturated rings. The van der Waals surface area contributed by atoms with Crippen molar-refractivity contribution in [2.24, 2.45) is 5.92 Å². The zero-order chi connectivity index (χ0) is 29.6. The SMILES string of the molecule is CCOC(=O)C1=C(C)N(Cc2cccc(C(=O)N3CCC(Cc4ccccc4)CC3)c2)C(=O)CC1c1ccccc1C. The summed E-state index contributed by atoms with van der Waals surface area (Å²) in [6.45, 7) is 7.65. The summed E-state index contributed by atoms with van der Waals surface area (Å²) < 4.78 is 5.45. The molecule has 0 aromatic heterocycles. The lowest BCUT2D eigenvalue weighted by atomic mass is 9.81. The van der Waals surface area contributed by atoms with Gasteiger partial charge < -0.3 is 14.5 Å². The second-order valence-electron chi connectivity index (χ2n) is 11.4. The molecule has 0 saturated carbocycles. The van der Waals surface area contributed by atoms with Crippen molar-refractivity contribution in [1.29, 1.82) is 0 Å². The van der Waals surface area contributed by atoms with Gasteiger partial charge in [-0.1, -0.05) is 66.7 Å². The van der Waals surface area contributed by atoms with Crippen LogP contribution in [0.3, 0.4) is 0 Å². The minimum Gasteiger partial charge on any atom is -0.463 e. The average molecular weight is 565 g/mol. The molecule has 0 aliphatic carbocycles. The second kappa shape index (κ2) is 13.2. The number of piperidine rings is 1. The maximum Gasteiger partial charge on any atom is 0.336 e. The molecule has 1 unspecified atom stereocenters. The zero-order valence-corrected chi connectivity index (χ0v) is 24.8. The summed E-state index contributed by atoms with van der Waals surface area (Å²) in [7, 11) is 0. The van der Waals surface area contributed by atoms with E-state index in [1.54, 1.807) is 11.8 Å². The Morgan fingerprint density at radius 2 is 1.57 bits per heavy atom. The van der Waals surface area contributed by atoms with Crippen LogP contribution in [0.5, 0.6) is 0 Å². The molecule has 2 amide bonds. The van der Waals surface area contributed by atoms with E-state index in [4.69, 9.17) is 4.74 Å². The number of likely N-dealkylation sites (tertiary alicyclic amines) is 1. The Bertz CT molecular complexity index is 1470. The van der Waals surface area contributed by atoms with Crippen LogP contribution in [0, 0.1) is 12.8 Å². The highest BCUT2D eigenvalue weighted by molar-refractivity contribution is 5.96. The number of carbonyl (C=O) groups is 3. The molecular formula is C36H40N2O4. The number of nitrogens with zero attached hydrogens (tertiary/aromatic N) is 2. The number of amides is 2. The monoisotopic (exact) mass is 564 g/mol. The van der Waals surface area contributed by atoms with Crippen molar-refractivity contribution in [2.75, 3.05) is 19.7 Å². The minimum atomic E-state index is -0.389. The highest BCUT2D eigenvalue weighted by atomic mass is 16.5. The van der Waals surface area contributed by atoms with Gasteiger partial charge in [-0.3, -0.25) is 9.59 Å². The molecule has 2 heterocycles. The molecule has 3 aromatic rings. The van der Waals surface area contributed by atoms with Crippen molar-refractivity contribution >= 4 is 17.8 Å². The Hall–Kier alpha value is -4.19. The Labute approximate surface area is 249 Å². The first-order chi connectivity index (χ1) is 20.4. The molecule has 5 rings (SSSR count). The van der Waals surface area contributed by atoms with Crippen LogP contribution in [0.4, 0.5) is 0 Å². The van der Waals surface area contributed by atoms with E-state index in [2.05, 4.69) is 24.3 Å². The van der Waals surface area contributed by atoms with Crippen molar-refractivity contribution in [3.8, 4) is 0 Å². The van der Waals surface area contributed by atoms with Gasteiger partial charge in [-0.2, -0.15) is 0 Å². The third-order valence-corrected chi connectivity index (χ3v) is 8.67. The van der Waals surface area contributed by atoms with Crippen LogP contribution in [0.15, 0.2) is 90.1 Å². The predicted octanol–water partition coefficient (Wildman–Crippen LogP) is 6.44. The fourth-order valence-electron chi connectivity index (χ4n) is 6.38. The van der Waals surface area contributed by atoms with Gasteiger partial charge in [-0.15, -0.1) is 0 Å². The Kier molecular flexibility index (Phi) is 9.21. The summed E-state index contributed by atoms with van der Waals surface area (Å²) in [5.74, 6) is -0.183. The van der Waals surface area contributed by atoms with Crippen molar-refractivity contribution in [3.05, 3.63) is 118 Å². The highest BCUT2D eigenvalue weighted by Crippen LogP contribution is 2.39. The van der Waals surface area contributed by atoms with Gasteiger partial charge >= 0.3 is 5.97 Å². The first-order valence-corrected chi connectivity index (χ1v) is 15.0. The first kappa shape index (κ1) is 29.3. The van der Waals surface area contributed by atoms with Crippen molar-refractivity contribution in [3.63, 3.8) is 0 Å². The molecule has 0 N–H and O–H groups in total. The summed E-state index contributed by atoms with van der Waals surface area (Å²) in [6, 6.07) is 26.0. The molecule has 0 spiro atoms. The smallest absolute Gasteiger partial charge is 0.336 e. The number of esters is 1. The van der Waals surface area contributed by atoms with E-state index in [9.17, 15) is 14.4 Å². The van der Waals surface area contributed by atoms with Crippen LogP contribution in [-0.2, 0) is 27.3 Å². The van der Waals surface area contributed by atoms with E-state index in [-0.39, 0.29) is 43.3 Å². The molecule has 2 aliphatic heterocycles. The second-order valence-corrected chi connectivity index (χ2v) is 11.4. The van der Waals surface area contributed by atoms with Crippen LogP contribution in [0.25, 0.3) is 0 Å². The van der Waals surface area contributed by atoms with Crippen molar-refractivity contribution in [1.82, 2.24) is 9.80 Å². The van der Waals surface area contributed by atoms with E-state index in [0.717, 1.165) is 49.0 Å². The normalized spacial score (nSPS) is 17.9. The van der Waals surface area contributed by atoms with Crippen molar-refractivity contribution < 1.29 is 19.1 Å². The molecule has 1 atom stereocenters. The summed E-state index contributed by atoms with van der Waals surface area (Å²) in [5.41, 5.74) is 5.96. The summed E-state index contributed by atoms with van der Waals surface area (Å²) in [6.07, 6.45) is 3.22. The van der Waals surface area contributed by atoms with Crippen LogP contribution < -0.4 is 0 Å². The number of benzene rings is 3. The lowest BCUT2D eigenvalue weighted by Gasteiger charge is -2.35. The van der Waals surface area contributed by atoms with Gasteiger partial charge in [0.1, 0.15) is 0 Å². The molecule has 218 valence electrons. The Balaban J connectivity index is 1.31. The third kappa shape index (κ3) is 6.48. The summed E-state index contributed by atoms with van der Waals surface area (Å²) >= 11 is 0. The average Bonchev–Trinajstić information content (AvgIpc) is 3.00. The molecule has 42 heavy (non-hydrogen) atoms. The maximum atomic E-state index is 13.5. The molecular weight excluding hydrogens is 524 g/mol. The lowest BCUT2D eigenvalue weighted by molar-refractivity contribution is -0.140. The van der Waals surface area contributed by atoms with E-state index in [0.29, 0.717) is 22.8 Å². The molecule has 0 bridgehead atoms. The number of hydrogen-bond donors (Lipinski definition) is 0. The summed E-state index contributed by atoms with van der Waals surface area (Å²) in [5, 5.41) is 0. The van der Waals surface area contributed by atoms with Crippen LogP contribution in [0.2, 0.25) is 0 Å². The standard InChI is InChI=1S/C36H40N2O4/c1-4-42-36(41)34-26(3)38(33(39)23-32(34)31-16-9-8-11-25(31)2)24-29-14-10-15-30(22-29)35(40)37-19-17-28(18-20-37)21-27-12-6-5-7-13-27/h5-16,22,28,32H,4,17-21,23-24H2,1-3H3. The van der Waals surface area contributed by atoms with Crippen LogP contribution in [-0.4, -0.2) is 47.3 Å². The molecule has 6 heteroatoms. The fourth-order valence-corrected chi connectivity index (χ4v) is 6.38. The lowest BCUT2D eigenvalue weighted by Crippen LogP contribution is -2.39. The highest BCUT2D eigenvalue weighted by Gasteiger charge is 2.37. The van der Waals surface area contributed by atoms with Crippen LogP contribution in [0.1, 0.15) is 71.6 Å². The maximum absolute atomic E-state index is 13.5. The Morgan fingerprint density at radius 3 is 2.29 bits per heavy atom. The van der Waals surface area contributed by atoms with Crippen molar-refractivity contribution in [2.45, 2.75) is 58.9 Å². The summed E-state index contributed by atoms with van der Waals surface area (Å²) in [4.78, 5) is 43.8. The van der Waals surface area contributed by atoms with Gasteiger partial charge in [0.05, 0.1) is 18.7 Å². The van der Waals surface area contributed by atoms with Crippen LogP contribution >= 0.6 is 0 Å². The van der Waals surface area contributed by atoms with E-state index < -0.39 is 0 Å². The van der Waals surface area contributed by atoms with Gasteiger partial charge in [0, 0.05) is 36.7 Å². The first-order valence-electron chi connectivity index (χ1n) is 15.0. The number of aryl methyl sites for hydroxylation is 1. The van der Waals surface area contributed by atoms with E-state index in [1.807, 2.05) is 73.3 Å². The van der Waals surface area contributed by atoms with E-state index >= 15 is 0 Å². The van der Waals surface area contributed by atoms with Gasteiger partial charge in [-0.05, 0) is 80.3 Å². The van der Waals surface area contributed by atoms with E-state index in [1.165, 1.54) is 5.56 Å². The number of carbonyl (C=O) groups excluding carboxylic acids is 3. The molecule has 1 saturated heterocycles.